The molecular weight excluding hydrogens is 162 g/mol. The Hall–Kier alpha value is -1.64. The van der Waals surface area contributed by atoms with E-state index in [1.54, 1.807) is 6.92 Å². The third-order valence-electron chi connectivity index (χ3n) is 0.327. The summed E-state index contributed by atoms with van der Waals surface area (Å²) in [6.07, 6.45) is 0. The summed E-state index contributed by atoms with van der Waals surface area (Å²) < 4.78 is 0. The topological polar surface area (TPSA) is 135 Å². The van der Waals surface area contributed by atoms with E-state index in [-0.39, 0.29) is 0 Å². The Morgan fingerprint density at radius 3 is 1.82 bits per heavy atom. The highest BCUT2D eigenvalue weighted by atomic mass is 17.0. The summed E-state index contributed by atoms with van der Waals surface area (Å²) in [7, 11) is 0. The first-order valence-corrected chi connectivity index (χ1v) is 2.45. The third-order valence-corrected chi connectivity index (χ3v) is 0.327. The Labute approximate surface area is 60.7 Å². The highest BCUT2D eigenvalue weighted by molar-refractivity contribution is 4.03. The molecule has 9 heteroatoms. The number of hydroxylamine groups is 1. The van der Waals surface area contributed by atoms with Crippen LogP contribution in [0, 0.1) is 25.4 Å². The van der Waals surface area contributed by atoms with Crippen molar-refractivity contribution in [2.75, 3.05) is 6.54 Å². The SMILES string of the molecule is CC[NH2+]O[N+](=O)[O-].O=[N+]([O-])[O-]. The van der Waals surface area contributed by atoms with Gasteiger partial charge in [0, 0.05) is 0 Å². The predicted octanol–water partition coefficient (Wildman–Crippen LogP) is -1.55. The summed E-state index contributed by atoms with van der Waals surface area (Å²) in [5.74, 6) is 0. The second-order valence-corrected chi connectivity index (χ2v) is 1.13. The molecule has 0 radical (unpaired) electrons. The molecule has 0 aromatic rings. The van der Waals surface area contributed by atoms with E-state index in [1.807, 2.05) is 0 Å². The Morgan fingerprint density at radius 1 is 1.36 bits per heavy atom. The van der Waals surface area contributed by atoms with E-state index in [4.69, 9.17) is 15.3 Å². The van der Waals surface area contributed by atoms with Gasteiger partial charge in [0.15, 0.2) is 0 Å². The van der Waals surface area contributed by atoms with Gasteiger partial charge >= 0.3 is 5.09 Å². The molecule has 2 N–H and O–H groups in total. The number of hydrogen-bond acceptors (Lipinski definition) is 6. The van der Waals surface area contributed by atoms with Gasteiger partial charge in [0.25, 0.3) is 0 Å². The van der Waals surface area contributed by atoms with Crippen LogP contribution in [0.15, 0.2) is 0 Å². The molecule has 0 aliphatic heterocycles. The van der Waals surface area contributed by atoms with Crippen molar-refractivity contribution in [1.29, 1.82) is 0 Å². The van der Waals surface area contributed by atoms with Gasteiger partial charge in [-0.05, 0) is 6.92 Å². The highest BCUT2D eigenvalue weighted by Crippen LogP contribution is 1.52. The van der Waals surface area contributed by atoms with E-state index < -0.39 is 10.2 Å². The Balaban J connectivity index is 0. The van der Waals surface area contributed by atoms with E-state index in [2.05, 4.69) is 4.94 Å². The summed E-state index contributed by atoms with van der Waals surface area (Å²) in [4.78, 5) is 21.3. The third kappa shape index (κ3) is 60.7. The molecule has 0 aliphatic rings. The average molecular weight is 169 g/mol. The van der Waals surface area contributed by atoms with E-state index in [0.29, 0.717) is 6.54 Å². The number of nitrogens with two attached hydrogens (primary N) is 1. The molecule has 0 aromatic carbocycles. The van der Waals surface area contributed by atoms with Gasteiger partial charge in [-0.15, -0.1) is 15.1 Å². The van der Waals surface area contributed by atoms with Crippen LogP contribution in [0.25, 0.3) is 0 Å². The van der Waals surface area contributed by atoms with Gasteiger partial charge in [0.1, 0.15) is 6.54 Å². The zero-order chi connectivity index (χ0) is 9.28. The van der Waals surface area contributed by atoms with E-state index in [0.717, 1.165) is 5.48 Å². The summed E-state index contributed by atoms with van der Waals surface area (Å²) >= 11 is 0. The quantitative estimate of drug-likeness (QED) is 0.401. The van der Waals surface area contributed by atoms with Gasteiger partial charge in [0.2, 0.25) is 0 Å². The second-order valence-electron chi connectivity index (χ2n) is 1.13. The largest absolute Gasteiger partial charge is 0.356 e. The molecule has 0 amide bonds. The molecule has 9 nitrogen and oxygen atoms in total. The summed E-state index contributed by atoms with van der Waals surface area (Å²) in [6, 6.07) is 0. The van der Waals surface area contributed by atoms with Gasteiger partial charge < -0.3 is 15.3 Å². The van der Waals surface area contributed by atoms with Crippen molar-refractivity contribution in [2.45, 2.75) is 6.92 Å². The Bertz CT molecular complexity index is 121. The molecule has 0 atom stereocenters. The van der Waals surface area contributed by atoms with E-state index in [1.165, 1.54) is 0 Å². The number of rotatable bonds is 3. The molecule has 0 saturated carbocycles. The van der Waals surface area contributed by atoms with Crippen molar-refractivity contribution in [3.63, 3.8) is 0 Å². The van der Waals surface area contributed by atoms with Crippen molar-refractivity contribution in [3.05, 3.63) is 25.4 Å². The first-order chi connectivity index (χ1) is 5.00. The zero-order valence-electron chi connectivity index (χ0n) is 5.63. The molecule has 0 heterocycles. The fourth-order valence-electron chi connectivity index (χ4n) is 0.135. The van der Waals surface area contributed by atoms with Crippen LogP contribution in [-0.4, -0.2) is 16.7 Å². The molecule has 0 spiro atoms. The van der Waals surface area contributed by atoms with Gasteiger partial charge in [-0.1, -0.05) is 0 Å². The van der Waals surface area contributed by atoms with Crippen molar-refractivity contribution in [1.82, 2.24) is 0 Å². The molecule has 11 heavy (non-hydrogen) atoms. The average Bonchev–Trinajstić information content (AvgIpc) is 1.82. The van der Waals surface area contributed by atoms with Gasteiger partial charge in [0.05, 0.1) is 5.09 Å². The molecule has 0 rings (SSSR count). The second kappa shape index (κ2) is 8.36. The van der Waals surface area contributed by atoms with Gasteiger partial charge in [-0.25, -0.2) is 0 Å². The maximum Gasteiger partial charge on any atom is 0.339 e. The van der Waals surface area contributed by atoms with Crippen LogP contribution in [0.1, 0.15) is 6.92 Å². The fraction of sp³-hybridized carbons (Fsp3) is 1.00. The molecular formula is C2H7N3O6. The summed E-state index contributed by atoms with van der Waals surface area (Å²) in [6.45, 7) is 2.31. The smallest absolute Gasteiger partial charge is 0.339 e. The van der Waals surface area contributed by atoms with Crippen LogP contribution < -0.4 is 5.48 Å². The Morgan fingerprint density at radius 2 is 1.73 bits per heavy atom. The van der Waals surface area contributed by atoms with Crippen molar-refractivity contribution >= 4 is 0 Å². The van der Waals surface area contributed by atoms with Gasteiger partial charge in [-0.3, -0.25) is 0 Å². The Kier molecular flexibility index (Phi) is 9.18. The molecule has 0 fully saturated rings. The maximum atomic E-state index is 9.31. The molecule has 66 valence electrons. The maximum absolute atomic E-state index is 9.31. The molecule has 0 bridgehead atoms. The first kappa shape index (κ1) is 12.1. The molecule has 0 aromatic heterocycles. The molecule has 0 aliphatic carbocycles. The van der Waals surface area contributed by atoms with Crippen LogP contribution in [0.4, 0.5) is 0 Å². The van der Waals surface area contributed by atoms with E-state index >= 15 is 0 Å². The zero-order valence-corrected chi connectivity index (χ0v) is 5.63. The lowest BCUT2D eigenvalue weighted by molar-refractivity contribution is -1.10. The minimum atomic E-state index is -1.75. The van der Waals surface area contributed by atoms with Crippen molar-refractivity contribution < 1.29 is 20.6 Å². The summed E-state index contributed by atoms with van der Waals surface area (Å²) in [5, 5.41) is 23.2. The number of nitrogens with zero attached hydrogens (tertiary/aromatic N) is 2. The monoisotopic (exact) mass is 169 g/mol. The van der Waals surface area contributed by atoms with Crippen LogP contribution in [0.3, 0.4) is 0 Å². The molecule has 0 unspecified atom stereocenters. The normalized spacial score (nSPS) is 7.36. The van der Waals surface area contributed by atoms with Crippen LogP contribution >= 0.6 is 0 Å². The lowest BCUT2D eigenvalue weighted by atomic mass is 10.8. The van der Waals surface area contributed by atoms with Crippen LogP contribution in [-0.2, 0) is 4.94 Å². The first-order valence-electron chi connectivity index (χ1n) is 2.45. The number of hydrogen-bond donors (Lipinski definition) is 1. The minimum absolute atomic E-state index is 0.557. The van der Waals surface area contributed by atoms with Gasteiger partial charge in [-0.2, -0.15) is 5.48 Å². The lowest BCUT2D eigenvalue weighted by Crippen LogP contribution is -2.83. The standard InChI is InChI=1S/C2H6N2O3.NO3/c1-2-3-7-4(5)6;2-1(3)4/h3H,2H2,1H3;/q;-1/p+1. The van der Waals surface area contributed by atoms with Crippen molar-refractivity contribution in [3.8, 4) is 0 Å². The summed E-state index contributed by atoms with van der Waals surface area (Å²) in [5.41, 5.74) is 1.12. The predicted molar refractivity (Wildman–Crippen MR) is 30.9 cm³/mol. The van der Waals surface area contributed by atoms with Crippen LogP contribution in [0.5, 0.6) is 0 Å². The lowest BCUT2D eigenvalue weighted by Gasteiger charge is -1.86. The van der Waals surface area contributed by atoms with Crippen molar-refractivity contribution in [2.24, 2.45) is 0 Å². The minimum Gasteiger partial charge on any atom is -0.356 e. The van der Waals surface area contributed by atoms with E-state index in [9.17, 15) is 10.1 Å². The van der Waals surface area contributed by atoms with Crippen LogP contribution in [0.2, 0.25) is 0 Å². The fourth-order valence-corrected chi connectivity index (χ4v) is 0.135. The number of quaternary nitrogens is 1. The molecule has 0 saturated heterocycles. The highest BCUT2D eigenvalue weighted by Gasteiger charge is 1.90.